The van der Waals surface area contributed by atoms with Crippen molar-refractivity contribution in [3.63, 3.8) is 0 Å². The molecule has 1 heterocycles. The lowest BCUT2D eigenvalue weighted by molar-refractivity contribution is -0.137. The molecule has 0 bridgehead atoms. The van der Waals surface area contributed by atoms with E-state index in [4.69, 9.17) is 23.8 Å². The molecule has 0 aromatic heterocycles. The largest absolute Gasteiger partial charge is 0.417 e. The summed E-state index contributed by atoms with van der Waals surface area (Å²) in [7, 11) is 1.71. The summed E-state index contributed by atoms with van der Waals surface area (Å²) in [6.07, 6.45) is -3.95. The van der Waals surface area contributed by atoms with Crippen molar-refractivity contribution in [1.82, 2.24) is 10.2 Å². The van der Waals surface area contributed by atoms with Crippen LogP contribution < -0.4 is 5.32 Å². The first-order valence-electron chi connectivity index (χ1n) is 6.73. The average molecular weight is 353 g/mol. The number of aliphatic hydroxyl groups is 1. The maximum atomic E-state index is 12.9. The van der Waals surface area contributed by atoms with Gasteiger partial charge in [0.1, 0.15) is 0 Å². The third-order valence-corrected chi connectivity index (χ3v) is 4.69. The predicted molar refractivity (Wildman–Crippen MR) is 82.8 cm³/mol. The molecule has 22 heavy (non-hydrogen) atoms. The van der Waals surface area contributed by atoms with Crippen LogP contribution in [0.25, 0.3) is 0 Å². The molecule has 0 radical (unpaired) electrons. The van der Waals surface area contributed by atoms with Gasteiger partial charge in [-0.05, 0) is 42.8 Å². The number of hydrogen-bond acceptors (Lipinski definition) is 2. The molecule has 122 valence electrons. The molecule has 0 unspecified atom stereocenters. The van der Waals surface area contributed by atoms with Crippen molar-refractivity contribution >= 4 is 28.9 Å². The first-order valence-corrected chi connectivity index (χ1v) is 7.52. The van der Waals surface area contributed by atoms with Gasteiger partial charge in [0.25, 0.3) is 0 Å². The normalized spacial score (nSPS) is 18.2. The second-order valence-electron chi connectivity index (χ2n) is 5.27. The van der Waals surface area contributed by atoms with Crippen LogP contribution in [0, 0.1) is 0 Å². The Labute approximate surface area is 137 Å². The van der Waals surface area contributed by atoms with Gasteiger partial charge in [0.15, 0.2) is 5.11 Å². The van der Waals surface area contributed by atoms with Gasteiger partial charge in [-0.3, -0.25) is 0 Å². The van der Waals surface area contributed by atoms with E-state index in [0.717, 1.165) is 6.07 Å². The summed E-state index contributed by atoms with van der Waals surface area (Å²) in [5.74, 6) is 0. The Hall–Kier alpha value is -1.05. The molecule has 3 nitrogen and oxygen atoms in total. The highest BCUT2D eigenvalue weighted by molar-refractivity contribution is 7.80. The molecule has 0 saturated carbocycles. The van der Waals surface area contributed by atoms with Crippen molar-refractivity contribution in [2.75, 3.05) is 20.1 Å². The number of hydrogen-bond donors (Lipinski definition) is 2. The fourth-order valence-corrected chi connectivity index (χ4v) is 2.97. The number of alkyl halides is 3. The van der Waals surface area contributed by atoms with E-state index in [1.807, 2.05) is 4.90 Å². The third kappa shape index (κ3) is 3.47. The minimum atomic E-state index is -4.54. The first-order chi connectivity index (χ1) is 10.2. The molecule has 1 aliphatic rings. The van der Waals surface area contributed by atoms with Gasteiger partial charge in [0.05, 0.1) is 16.2 Å². The van der Waals surface area contributed by atoms with Gasteiger partial charge >= 0.3 is 6.18 Å². The zero-order valence-electron chi connectivity index (χ0n) is 11.9. The molecule has 0 spiro atoms. The van der Waals surface area contributed by atoms with Gasteiger partial charge in [-0.25, -0.2) is 0 Å². The van der Waals surface area contributed by atoms with Crippen molar-refractivity contribution in [1.29, 1.82) is 0 Å². The molecular formula is C14H16ClF3N2OS. The van der Waals surface area contributed by atoms with Crippen LogP contribution >= 0.6 is 23.8 Å². The number of piperidine rings is 1. The van der Waals surface area contributed by atoms with Crippen molar-refractivity contribution in [3.05, 3.63) is 34.3 Å². The summed E-state index contributed by atoms with van der Waals surface area (Å²) < 4.78 is 38.8. The van der Waals surface area contributed by atoms with Crippen LogP contribution in [0.15, 0.2) is 18.2 Å². The Morgan fingerprint density at radius 1 is 1.36 bits per heavy atom. The van der Waals surface area contributed by atoms with Gasteiger partial charge in [0.2, 0.25) is 0 Å². The Kier molecular flexibility index (Phi) is 4.89. The van der Waals surface area contributed by atoms with E-state index in [1.165, 1.54) is 12.1 Å². The third-order valence-electron chi connectivity index (χ3n) is 3.90. The van der Waals surface area contributed by atoms with Crippen molar-refractivity contribution in [3.8, 4) is 0 Å². The number of halogens is 4. The van der Waals surface area contributed by atoms with Gasteiger partial charge < -0.3 is 15.3 Å². The van der Waals surface area contributed by atoms with E-state index in [1.54, 1.807) is 7.05 Å². The first kappa shape index (κ1) is 17.3. The maximum absolute atomic E-state index is 12.9. The molecule has 1 aliphatic heterocycles. The topological polar surface area (TPSA) is 35.5 Å². The molecule has 0 atom stereocenters. The van der Waals surface area contributed by atoms with Crippen LogP contribution in [0.4, 0.5) is 13.2 Å². The van der Waals surface area contributed by atoms with Crippen LogP contribution in [0.2, 0.25) is 5.02 Å². The zero-order chi connectivity index (χ0) is 16.5. The second-order valence-corrected chi connectivity index (χ2v) is 6.06. The fourth-order valence-electron chi connectivity index (χ4n) is 2.56. The van der Waals surface area contributed by atoms with E-state index < -0.39 is 17.3 Å². The Bertz CT molecular complexity index is 572. The predicted octanol–water partition coefficient (Wildman–Crippen LogP) is 3.15. The molecule has 1 saturated heterocycles. The summed E-state index contributed by atoms with van der Waals surface area (Å²) in [4.78, 5) is 1.88. The molecule has 1 aromatic rings. The van der Waals surface area contributed by atoms with Gasteiger partial charge in [0, 0.05) is 20.1 Å². The van der Waals surface area contributed by atoms with E-state index in [-0.39, 0.29) is 10.6 Å². The molecule has 1 aromatic carbocycles. The van der Waals surface area contributed by atoms with Crippen LogP contribution in [-0.4, -0.2) is 35.3 Å². The van der Waals surface area contributed by atoms with Gasteiger partial charge in [-0.1, -0.05) is 17.7 Å². The standard InChI is InChI=1S/C14H16ClF3N2OS/c1-19-12(22)20-6-4-13(21,5-7-20)9-2-3-11(15)10(8-9)14(16,17)18/h2-3,8,21H,4-7H2,1H3,(H,19,22). The minimum Gasteiger partial charge on any atom is -0.385 e. The number of benzene rings is 1. The smallest absolute Gasteiger partial charge is 0.385 e. The lowest BCUT2D eigenvalue weighted by Gasteiger charge is -2.39. The summed E-state index contributed by atoms with van der Waals surface area (Å²) in [6, 6.07) is 3.57. The van der Waals surface area contributed by atoms with Crippen LogP contribution in [0.5, 0.6) is 0 Å². The number of rotatable bonds is 1. The highest BCUT2D eigenvalue weighted by Gasteiger charge is 2.38. The highest BCUT2D eigenvalue weighted by atomic mass is 35.5. The lowest BCUT2D eigenvalue weighted by atomic mass is 9.84. The second kappa shape index (κ2) is 6.22. The van der Waals surface area contributed by atoms with Gasteiger partial charge in [-0.15, -0.1) is 0 Å². The Balaban J connectivity index is 2.24. The van der Waals surface area contributed by atoms with E-state index in [0.29, 0.717) is 31.0 Å². The summed E-state index contributed by atoms with van der Waals surface area (Å²) in [6.45, 7) is 0.945. The van der Waals surface area contributed by atoms with E-state index >= 15 is 0 Å². The van der Waals surface area contributed by atoms with Crippen molar-refractivity contribution in [2.45, 2.75) is 24.6 Å². The van der Waals surface area contributed by atoms with Crippen molar-refractivity contribution in [2.24, 2.45) is 0 Å². The Morgan fingerprint density at radius 2 is 1.95 bits per heavy atom. The van der Waals surface area contributed by atoms with E-state index in [9.17, 15) is 18.3 Å². The lowest BCUT2D eigenvalue weighted by Crippen LogP contribution is -2.47. The molecular weight excluding hydrogens is 337 g/mol. The number of thiocarbonyl (C=S) groups is 1. The molecule has 0 aliphatic carbocycles. The minimum absolute atomic E-state index is 0.235. The summed E-state index contributed by atoms with van der Waals surface area (Å²) >= 11 is 10.7. The molecule has 2 rings (SSSR count). The maximum Gasteiger partial charge on any atom is 0.417 e. The molecule has 0 amide bonds. The monoisotopic (exact) mass is 352 g/mol. The fraction of sp³-hybridized carbons (Fsp3) is 0.500. The zero-order valence-corrected chi connectivity index (χ0v) is 13.4. The van der Waals surface area contributed by atoms with Crippen LogP contribution in [-0.2, 0) is 11.8 Å². The number of nitrogens with zero attached hydrogens (tertiary/aromatic N) is 1. The molecule has 8 heteroatoms. The van der Waals surface area contributed by atoms with Gasteiger partial charge in [-0.2, -0.15) is 13.2 Å². The van der Waals surface area contributed by atoms with Crippen LogP contribution in [0.3, 0.4) is 0 Å². The highest BCUT2D eigenvalue weighted by Crippen LogP contribution is 2.39. The molecule has 2 N–H and O–H groups in total. The Morgan fingerprint density at radius 3 is 2.45 bits per heavy atom. The SMILES string of the molecule is CNC(=S)N1CCC(O)(c2ccc(Cl)c(C(F)(F)F)c2)CC1. The number of likely N-dealkylation sites (tertiary alicyclic amines) is 1. The number of nitrogens with one attached hydrogen (secondary N) is 1. The quantitative estimate of drug-likeness (QED) is 0.761. The van der Waals surface area contributed by atoms with Crippen LogP contribution in [0.1, 0.15) is 24.0 Å². The molecule has 1 fully saturated rings. The summed E-state index contributed by atoms with van der Waals surface area (Å²) in [5, 5.41) is 13.7. The summed E-state index contributed by atoms with van der Waals surface area (Å²) in [5.41, 5.74) is -1.99. The van der Waals surface area contributed by atoms with Crippen molar-refractivity contribution < 1.29 is 18.3 Å². The average Bonchev–Trinajstić information content (AvgIpc) is 2.46. The van der Waals surface area contributed by atoms with E-state index in [2.05, 4.69) is 5.32 Å².